The van der Waals surface area contributed by atoms with Gasteiger partial charge in [-0.25, -0.2) is 0 Å². The second kappa shape index (κ2) is 3.84. The zero-order valence-corrected chi connectivity index (χ0v) is 7.13. The number of thioether (sulfide) groups is 1. The van der Waals surface area contributed by atoms with Gasteiger partial charge in [0.2, 0.25) is 0 Å². The maximum atomic E-state index is 3.78. The van der Waals surface area contributed by atoms with E-state index in [1.165, 1.54) is 10.5 Å². The van der Waals surface area contributed by atoms with Crippen LogP contribution >= 0.6 is 11.8 Å². The van der Waals surface area contributed by atoms with Crippen LogP contribution in [0.1, 0.15) is 6.42 Å². The predicted molar refractivity (Wildman–Crippen MR) is 48.2 cm³/mol. The number of hydrogen-bond donors (Lipinski definition) is 1. The van der Waals surface area contributed by atoms with E-state index in [0.29, 0.717) is 0 Å². The van der Waals surface area contributed by atoms with Gasteiger partial charge in [-0.1, -0.05) is 12.7 Å². The molecule has 0 spiro atoms. The highest BCUT2D eigenvalue weighted by Crippen LogP contribution is 2.21. The van der Waals surface area contributed by atoms with Crippen molar-refractivity contribution in [3.8, 4) is 0 Å². The average molecular weight is 155 g/mol. The van der Waals surface area contributed by atoms with Crippen molar-refractivity contribution in [2.45, 2.75) is 6.42 Å². The molecule has 56 valence electrons. The molecule has 0 fully saturated rings. The van der Waals surface area contributed by atoms with E-state index in [1.54, 1.807) is 0 Å². The summed E-state index contributed by atoms with van der Waals surface area (Å²) in [6.07, 6.45) is 5.23. The number of rotatable bonds is 2. The molecule has 0 atom stereocenters. The molecule has 0 aliphatic carbocycles. The minimum Gasteiger partial charge on any atom is -0.312 e. The summed E-state index contributed by atoms with van der Waals surface area (Å²) in [5, 5.41) is 3.32. The molecule has 0 radical (unpaired) electrons. The van der Waals surface area contributed by atoms with Crippen molar-refractivity contribution in [2.75, 3.05) is 19.3 Å². The molecular weight excluding hydrogens is 142 g/mol. The molecule has 10 heavy (non-hydrogen) atoms. The summed E-state index contributed by atoms with van der Waals surface area (Å²) >= 11 is 1.82. The van der Waals surface area contributed by atoms with Gasteiger partial charge in [-0.15, -0.1) is 11.8 Å². The van der Waals surface area contributed by atoms with E-state index >= 15 is 0 Å². The zero-order valence-electron chi connectivity index (χ0n) is 6.31. The van der Waals surface area contributed by atoms with Crippen LogP contribution in [-0.4, -0.2) is 19.3 Å². The number of hydrogen-bond acceptors (Lipinski definition) is 2. The van der Waals surface area contributed by atoms with Crippen LogP contribution in [0.15, 0.2) is 23.1 Å². The first kappa shape index (κ1) is 7.89. The van der Waals surface area contributed by atoms with Gasteiger partial charge in [-0.2, -0.15) is 0 Å². The van der Waals surface area contributed by atoms with E-state index in [1.807, 2.05) is 17.8 Å². The molecule has 1 aliphatic heterocycles. The molecule has 0 aromatic carbocycles. The summed E-state index contributed by atoms with van der Waals surface area (Å²) in [6.45, 7) is 5.92. The average Bonchev–Trinajstić information content (AvgIpc) is 2.04. The van der Waals surface area contributed by atoms with Crippen molar-refractivity contribution in [2.24, 2.45) is 0 Å². The minimum absolute atomic E-state index is 1.03. The molecule has 1 heterocycles. The van der Waals surface area contributed by atoms with E-state index in [4.69, 9.17) is 0 Å². The largest absolute Gasteiger partial charge is 0.312 e. The summed E-state index contributed by atoms with van der Waals surface area (Å²) in [4.78, 5) is 1.45. The van der Waals surface area contributed by atoms with Gasteiger partial charge in [0.05, 0.1) is 0 Å². The van der Waals surface area contributed by atoms with Gasteiger partial charge < -0.3 is 5.32 Å². The van der Waals surface area contributed by atoms with Gasteiger partial charge in [0.15, 0.2) is 0 Å². The van der Waals surface area contributed by atoms with Crippen LogP contribution in [0.5, 0.6) is 0 Å². The van der Waals surface area contributed by atoms with Gasteiger partial charge in [-0.05, 0) is 24.8 Å². The van der Waals surface area contributed by atoms with E-state index in [2.05, 4.69) is 18.2 Å². The van der Waals surface area contributed by atoms with Crippen molar-refractivity contribution in [3.05, 3.63) is 23.1 Å². The number of nitrogens with one attached hydrogen (secondary N) is 1. The molecule has 0 saturated carbocycles. The molecule has 1 N–H and O–H groups in total. The van der Waals surface area contributed by atoms with Crippen molar-refractivity contribution in [1.82, 2.24) is 5.32 Å². The Labute approximate surface area is 66.6 Å². The molecule has 0 amide bonds. The van der Waals surface area contributed by atoms with Gasteiger partial charge in [-0.3, -0.25) is 0 Å². The maximum absolute atomic E-state index is 3.78. The van der Waals surface area contributed by atoms with Crippen LogP contribution < -0.4 is 5.32 Å². The predicted octanol–water partition coefficient (Wildman–Crippen LogP) is 1.78. The summed E-state index contributed by atoms with van der Waals surface area (Å²) in [5.74, 6) is 0. The molecule has 0 unspecified atom stereocenters. The standard InChI is InChI=1S/C8H13NS/c1-3-7-4-5-9-6-8(7)10-2/h3,9H,1,4-6H2,2H3. The third-order valence-corrected chi connectivity index (χ3v) is 2.61. The summed E-state index contributed by atoms with van der Waals surface area (Å²) in [7, 11) is 0. The van der Waals surface area contributed by atoms with E-state index in [9.17, 15) is 0 Å². The smallest absolute Gasteiger partial charge is 0.0268 e. The van der Waals surface area contributed by atoms with Gasteiger partial charge in [0, 0.05) is 11.4 Å². The van der Waals surface area contributed by atoms with Crippen LogP contribution in [0.25, 0.3) is 0 Å². The van der Waals surface area contributed by atoms with Crippen LogP contribution in [0.4, 0.5) is 0 Å². The molecule has 0 bridgehead atoms. The lowest BCUT2D eigenvalue weighted by Crippen LogP contribution is -2.23. The first-order chi connectivity index (χ1) is 4.88. The van der Waals surface area contributed by atoms with E-state index < -0.39 is 0 Å². The van der Waals surface area contributed by atoms with Crippen molar-refractivity contribution < 1.29 is 0 Å². The Morgan fingerprint density at radius 3 is 3.00 bits per heavy atom. The Morgan fingerprint density at radius 1 is 1.70 bits per heavy atom. The Morgan fingerprint density at radius 2 is 2.50 bits per heavy atom. The van der Waals surface area contributed by atoms with Crippen LogP contribution in [0, 0.1) is 0 Å². The fourth-order valence-corrected chi connectivity index (χ4v) is 1.79. The minimum atomic E-state index is 1.03. The third kappa shape index (κ3) is 1.64. The fourth-order valence-electron chi connectivity index (χ4n) is 1.10. The van der Waals surface area contributed by atoms with Gasteiger partial charge >= 0.3 is 0 Å². The first-order valence-electron chi connectivity index (χ1n) is 3.47. The van der Waals surface area contributed by atoms with Crippen molar-refractivity contribution in [3.63, 3.8) is 0 Å². The van der Waals surface area contributed by atoms with Crippen molar-refractivity contribution in [1.29, 1.82) is 0 Å². The fraction of sp³-hybridized carbons (Fsp3) is 0.500. The molecule has 1 rings (SSSR count). The summed E-state index contributed by atoms with van der Waals surface area (Å²) in [6, 6.07) is 0. The Balaban J connectivity index is 2.72. The lowest BCUT2D eigenvalue weighted by molar-refractivity contribution is 0.706. The monoisotopic (exact) mass is 155 g/mol. The zero-order chi connectivity index (χ0) is 7.40. The lowest BCUT2D eigenvalue weighted by Gasteiger charge is -2.16. The summed E-state index contributed by atoms with van der Waals surface area (Å²) < 4.78 is 0. The SMILES string of the molecule is C=CC1=C(SC)CNCC1. The third-order valence-electron chi connectivity index (χ3n) is 1.71. The Bertz CT molecular complexity index is 161. The van der Waals surface area contributed by atoms with E-state index in [-0.39, 0.29) is 0 Å². The van der Waals surface area contributed by atoms with Crippen LogP contribution in [-0.2, 0) is 0 Å². The van der Waals surface area contributed by atoms with E-state index in [0.717, 1.165) is 19.5 Å². The maximum Gasteiger partial charge on any atom is 0.0268 e. The van der Waals surface area contributed by atoms with Gasteiger partial charge in [0.1, 0.15) is 0 Å². The lowest BCUT2D eigenvalue weighted by atomic mass is 10.1. The molecule has 0 aromatic heterocycles. The van der Waals surface area contributed by atoms with Crippen molar-refractivity contribution >= 4 is 11.8 Å². The topological polar surface area (TPSA) is 12.0 Å². The second-order valence-electron chi connectivity index (χ2n) is 2.28. The summed E-state index contributed by atoms with van der Waals surface area (Å²) in [5.41, 5.74) is 1.42. The molecule has 0 saturated heterocycles. The molecular formula is C8H13NS. The molecule has 1 aliphatic rings. The van der Waals surface area contributed by atoms with Gasteiger partial charge in [0.25, 0.3) is 0 Å². The highest BCUT2D eigenvalue weighted by atomic mass is 32.2. The quantitative estimate of drug-likeness (QED) is 0.652. The molecule has 0 aromatic rings. The Hall–Kier alpha value is -0.210. The molecule has 1 nitrogen and oxygen atoms in total. The van der Waals surface area contributed by atoms with Crippen LogP contribution in [0.2, 0.25) is 0 Å². The normalized spacial score (nSPS) is 19.3. The molecule has 2 heteroatoms. The highest BCUT2D eigenvalue weighted by molar-refractivity contribution is 8.02. The Kier molecular flexibility index (Phi) is 3.03. The number of allylic oxidation sites excluding steroid dienone is 1. The second-order valence-corrected chi connectivity index (χ2v) is 3.18. The first-order valence-corrected chi connectivity index (χ1v) is 4.70. The highest BCUT2D eigenvalue weighted by Gasteiger charge is 2.07. The van der Waals surface area contributed by atoms with Crippen LogP contribution in [0.3, 0.4) is 0 Å².